The van der Waals surface area contributed by atoms with Crippen LogP contribution in [0.15, 0.2) is 48.5 Å². The molecule has 0 aliphatic rings. The van der Waals surface area contributed by atoms with Crippen LogP contribution in [0, 0.1) is 0 Å². The van der Waals surface area contributed by atoms with Gasteiger partial charge in [0.1, 0.15) is 18.1 Å². The Morgan fingerprint density at radius 3 is 2.39 bits per heavy atom. The summed E-state index contributed by atoms with van der Waals surface area (Å²) < 4.78 is 16.9. The highest BCUT2D eigenvalue weighted by molar-refractivity contribution is 6.03. The minimum Gasteiger partial charge on any atom is -0.494 e. The third-order valence-corrected chi connectivity index (χ3v) is 5.96. The molecular formula is C29H38N2O7. The molecular weight excluding hydrogens is 488 g/mol. The van der Waals surface area contributed by atoms with E-state index in [-0.39, 0.29) is 29.9 Å². The van der Waals surface area contributed by atoms with Crippen molar-refractivity contribution in [3.05, 3.63) is 65.2 Å². The molecule has 0 aromatic heterocycles. The summed E-state index contributed by atoms with van der Waals surface area (Å²) >= 11 is 0. The van der Waals surface area contributed by atoms with Crippen LogP contribution in [0.3, 0.4) is 0 Å². The van der Waals surface area contributed by atoms with Crippen molar-refractivity contribution in [1.82, 2.24) is 10.2 Å². The van der Waals surface area contributed by atoms with Gasteiger partial charge in [0.05, 0.1) is 32.0 Å². The minimum absolute atomic E-state index is 0.137. The number of likely N-dealkylation sites (N-methyl/N-ethyl adjacent to an activating group) is 2. The normalized spacial score (nSPS) is 11.4. The van der Waals surface area contributed by atoms with Crippen LogP contribution in [0.25, 0.3) is 0 Å². The lowest BCUT2D eigenvalue weighted by Gasteiger charge is -2.27. The molecule has 0 saturated heterocycles. The van der Waals surface area contributed by atoms with E-state index in [1.165, 1.54) is 31.1 Å². The topological polar surface area (TPSA) is 111 Å². The zero-order valence-corrected chi connectivity index (χ0v) is 22.2. The molecule has 0 heterocycles. The first-order valence-electron chi connectivity index (χ1n) is 12.9. The summed E-state index contributed by atoms with van der Waals surface area (Å²) in [7, 11) is 2.95. The molecule has 1 unspecified atom stereocenters. The highest BCUT2D eigenvalue weighted by Gasteiger charge is 2.27. The van der Waals surface area contributed by atoms with E-state index in [0.29, 0.717) is 51.4 Å². The van der Waals surface area contributed by atoms with E-state index >= 15 is 0 Å². The van der Waals surface area contributed by atoms with Crippen LogP contribution in [0.2, 0.25) is 0 Å². The fraction of sp³-hybridized carbons (Fsp3) is 0.448. The Hall–Kier alpha value is -3.56. The lowest BCUT2D eigenvalue weighted by atomic mass is 10.0. The monoisotopic (exact) mass is 526 g/mol. The highest BCUT2D eigenvalue weighted by Crippen LogP contribution is 2.20. The van der Waals surface area contributed by atoms with E-state index in [9.17, 15) is 19.2 Å². The van der Waals surface area contributed by atoms with Gasteiger partial charge in [-0.2, -0.15) is 0 Å². The number of rotatable bonds is 19. The molecule has 2 aromatic carbocycles. The van der Waals surface area contributed by atoms with Gasteiger partial charge in [0.2, 0.25) is 5.91 Å². The van der Waals surface area contributed by atoms with Crippen molar-refractivity contribution in [2.24, 2.45) is 0 Å². The van der Waals surface area contributed by atoms with Gasteiger partial charge in [0.15, 0.2) is 6.29 Å². The number of unbranched alkanes of at least 4 members (excludes halogenated alkanes) is 2. The average Bonchev–Trinajstić information content (AvgIpc) is 2.95. The van der Waals surface area contributed by atoms with Crippen LogP contribution in [0.4, 0.5) is 0 Å². The van der Waals surface area contributed by atoms with Crippen LogP contribution in [0.5, 0.6) is 5.75 Å². The number of hydrogen-bond donors (Lipinski definition) is 1. The maximum atomic E-state index is 13.0. The molecule has 0 saturated carbocycles. The Morgan fingerprint density at radius 2 is 1.68 bits per heavy atom. The van der Waals surface area contributed by atoms with Crippen molar-refractivity contribution >= 4 is 24.4 Å². The standard InChI is InChI=1S/C29H38N2O7/c1-30-28(34)27(12-9-15-32)31(2)29(35)26-14-13-25(20-24(26)21-33)38-17-8-4-7-16-36-18-19-37-22-23-10-5-3-6-11-23/h3,5-6,10-11,13-15,20-21,27H,4,7-9,12,16-19,22H2,1-2H3,(H,30,34). The predicted molar refractivity (Wildman–Crippen MR) is 143 cm³/mol. The van der Waals surface area contributed by atoms with Gasteiger partial charge >= 0.3 is 0 Å². The lowest BCUT2D eigenvalue weighted by Crippen LogP contribution is -2.47. The second-order valence-electron chi connectivity index (χ2n) is 8.72. The molecule has 9 nitrogen and oxygen atoms in total. The number of ether oxygens (including phenoxy) is 3. The van der Waals surface area contributed by atoms with Gasteiger partial charge in [-0.25, -0.2) is 0 Å². The largest absolute Gasteiger partial charge is 0.494 e. The molecule has 2 rings (SSSR count). The predicted octanol–water partition coefficient (Wildman–Crippen LogP) is 3.45. The molecule has 206 valence electrons. The van der Waals surface area contributed by atoms with Gasteiger partial charge < -0.3 is 29.2 Å². The first-order chi connectivity index (χ1) is 18.5. The van der Waals surface area contributed by atoms with Crippen LogP contribution >= 0.6 is 0 Å². The number of carbonyl (C=O) groups is 4. The van der Waals surface area contributed by atoms with E-state index in [1.807, 2.05) is 30.3 Å². The van der Waals surface area contributed by atoms with Crippen molar-refractivity contribution in [2.75, 3.05) is 40.5 Å². The Kier molecular flexibility index (Phi) is 14.4. The van der Waals surface area contributed by atoms with Crippen molar-refractivity contribution in [3.63, 3.8) is 0 Å². The third kappa shape index (κ3) is 10.4. The minimum atomic E-state index is -0.820. The molecule has 0 fully saturated rings. The van der Waals surface area contributed by atoms with E-state index in [1.54, 1.807) is 6.07 Å². The van der Waals surface area contributed by atoms with Crippen LogP contribution in [0.1, 0.15) is 58.4 Å². The molecule has 0 bridgehead atoms. The molecule has 38 heavy (non-hydrogen) atoms. The summed E-state index contributed by atoms with van der Waals surface area (Å²) in [5.41, 5.74) is 1.48. The van der Waals surface area contributed by atoms with Gasteiger partial charge in [0, 0.05) is 32.7 Å². The molecule has 0 aliphatic heterocycles. The summed E-state index contributed by atoms with van der Waals surface area (Å²) in [6.45, 7) is 2.81. The molecule has 1 atom stereocenters. The van der Waals surface area contributed by atoms with E-state index < -0.39 is 11.9 Å². The van der Waals surface area contributed by atoms with Gasteiger partial charge in [-0.3, -0.25) is 14.4 Å². The Bertz CT molecular complexity index is 1010. The summed E-state index contributed by atoms with van der Waals surface area (Å²) in [5, 5.41) is 2.51. The fourth-order valence-electron chi connectivity index (χ4n) is 3.80. The molecule has 1 N–H and O–H groups in total. The average molecular weight is 527 g/mol. The van der Waals surface area contributed by atoms with E-state index in [2.05, 4.69) is 5.32 Å². The maximum Gasteiger partial charge on any atom is 0.255 e. The highest BCUT2D eigenvalue weighted by atomic mass is 16.5. The smallest absolute Gasteiger partial charge is 0.255 e. The Balaban J connectivity index is 1.70. The fourth-order valence-corrected chi connectivity index (χ4v) is 3.80. The summed E-state index contributed by atoms with van der Waals surface area (Å²) in [6.07, 6.45) is 4.27. The second kappa shape index (κ2) is 17.8. The molecule has 9 heteroatoms. The third-order valence-electron chi connectivity index (χ3n) is 5.96. The number of nitrogens with one attached hydrogen (secondary N) is 1. The molecule has 0 radical (unpaired) electrons. The number of carbonyl (C=O) groups excluding carboxylic acids is 4. The first kappa shape index (κ1) is 30.7. The van der Waals surface area contributed by atoms with Gasteiger partial charge in [-0.05, 0) is 49.4 Å². The van der Waals surface area contributed by atoms with Crippen LogP contribution in [-0.2, 0) is 25.7 Å². The molecule has 2 amide bonds. The zero-order valence-electron chi connectivity index (χ0n) is 22.2. The van der Waals surface area contributed by atoms with Crippen molar-refractivity contribution in [1.29, 1.82) is 0 Å². The SMILES string of the molecule is CNC(=O)C(CCC=O)N(C)C(=O)c1ccc(OCCCCCOCCOCc2ccccc2)cc1C=O. The number of hydrogen-bond acceptors (Lipinski definition) is 7. The summed E-state index contributed by atoms with van der Waals surface area (Å²) in [6, 6.07) is 13.9. The number of aldehydes is 2. The second-order valence-corrected chi connectivity index (χ2v) is 8.72. The maximum absolute atomic E-state index is 13.0. The summed E-state index contributed by atoms with van der Waals surface area (Å²) in [4.78, 5) is 48.9. The number of benzene rings is 2. The van der Waals surface area contributed by atoms with Crippen molar-refractivity contribution in [3.8, 4) is 5.75 Å². The van der Waals surface area contributed by atoms with Crippen molar-refractivity contribution < 1.29 is 33.4 Å². The van der Waals surface area contributed by atoms with Gasteiger partial charge in [-0.15, -0.1) is 0 Å². The first-order valence-corrected chi connectivity index (χ1v) is 12.9. The molecule has 0 aliphatic carbocycles. The molecule has 2 aromatic rings. The van der Waals surface area contributed by atoms with E-state index in [0.717, 1.165) is 24.8 Å². The molecule has 0 spiro atoms. The van der Waals surface area contributed by atoms with Crippen molar-refractivity contribution in [2.45, 2.75) is 44.8 Å². The van der Waals surface area contributed by atoms with Gasteiger partial charge in [-0.1, -0.05) is 30.3 Å². The summed E-state index contributed by atoms with van der Waals surface area (Å²) in [5.74, 6) is -0.373. The van der Waals surface area contributed by atoms with Crippen LogP contribution in [-0.4, -0.2) is 75.9 Å². The zero-order chi connectivity index (χ0) is 27.6. The van der Waals surface area contributed by atoms with E-state index in [4.69, 9.17) is 14.2 Å². The quantitative estimate of drug-likeness (QED) is 0.220. The van der Waals surface area contributed by atoms with Gasteiger partial charge in [0.25, 0.3) is 5.91 Å². The Morgan fingerprint density at radius 1 is 0.947 bits per heavy atom. The number of nitrogens with zero attached hydrogens (tertiary/aromatic N) is 1. The lowest BCUT2D eigenvalue weighted by molar-refractivity contribution is -0.125. The van der Waals surface area contributed by atoms with Crippen LogP contribution < -0.4 is 10.1 Å². The number of amides is 2. The Labute approximate surface area is 224 Å².